The van der Waals surface area contributed by atoms with Crippen molar-refractivity contribution in [2.24, 2.45) is 29.1 Å². The lowest BCUT2D eigenvalue weighted by Crippen LogP contribution is -2.55. The van der Waals surface area contributed by atoms with Crippen LogP contribution in [0, 0.1) is 36.0 Å². The van der Waals surface area contributed by atoms with Crippen LogP contribution in [0.15, 0.2) is 34.2 Å². The molecule has 43 heavy (non-hydrogen) atoms. The zero-order valence-electron chi connectivity index (χ0n) is 33.1. The molecule has 0 aromatic heterocycles. The molecule has 240 valence electrons. The van der Waals surface area contributed by atoms with Crippen LogP contribution in [0.5, 0.6) is 0 Å². The minimum Gasteiger partial charge on any atom is -0.337 e. The van der Waals surface area contributed by atoms with Crippen molar-refractivity contribution in [1.82, 2.24) is 20.3 Å². The molecule has 2 unspecified atom stereocenters. The Morgan fingerprint density at radius 2 is 1.79 bits per heavy atom. The number of hydrogen-bond acceptors (Lipinski definition) is 5. The summed E-state index contributed by atoms with van der Waals surface area (Å²) in [7, 11) is -4.53. The lowest BCUT2D eigenvalue weighted by molar-refractivity contribution is -0.123. The number of nitrogens with one attached hydrogen (secondary N) is 3. The molecule has 1 fully saturated rings. The minimum atomic E-state index is -4.53. The number of aryl methyl sites for hydroxylation is 1. The number of carbonyl (C=O) groups excluding carboxylic acids is 3. The van der Waals surface area contributed by atoms with Crippen molar-refractivity contribution in [2.45, 2.75) is 105 Å². The van der Waals surface area contributed by atoms with Gasteiger partial charge in [-0.25, -0.2) is 22.7 Å². The number of sulfonamides is 1. The molecule has 3 N–H and O–H groups in total. The van der Waals surface area contributed by atoms with Gasteiger partial charge >= 0.3 is 12.1 Å². The van der Waals surface area contributed by atoms with Crippen LogP contribution < -0.4 is 15.4 Å². The number of urea groups is 2. The Morgan fingerprint density at radius 1 is 1.14 bits per heavy atom. The van der Waals surface area contributed by atoms with Gasteiger partial charge in [0, 0.05) is 25.0 Å². The Bertz CT molecular complexity index is 1640. The maximum Gasteiger partial charge on any atom is 0.328 e. The van der Waals surface area contributed by atoms with Gasteiger partial charge in [-0.2, -0.15) is 0 Å². The fraction of sp³-hybridized carbons (Fsp3) is 0.667. The highest BCUT2D eigenvalue weighted by atomic mass is 32.2. The summed E-state index contributed by atoms with van der Waals surface area (Å²) in [5.74, 6) is -3.07. The number of amides is 5. The molecule has 2 aliphatic rings. The van der Waals surface area contributed by atoms with Gasteiger partial charge in [-0.1, -0.05) is 68.4 Å². The number of rotatable bonds is 9. The first-order chi connectivity index (χ1) is 22.1. The molecule has 1 saturated carbocycles. The number of benzene rings is 1. The fourth-order valence-corrected chi connectivity index (χ4v) is 6.47. The zero-order chi connectivity index (χ0) is 37.9. The molecule has 0 radical (unpaired) electrons. The lowest BCUT2D eigenvalue weighted by Gasteiger charge is -2.47. The second-order valence-electron chi connectivity index (χ2n) is 13.1. The van der Waals surface area contributed by atoms with E-state index in [4.69, 9.17) is 8.22 Å². The molecule has 0 bridgehead atoms. The highest BCUT2D eigenvalue weighted by molar-refractivity contribution is 7.90. The predicted molar refractivity (Wildman–Crippen MR) is 170 cm³/mol. The summed E-state index contributed by atoms with van der Waals surface area (Å²) in [6, 6.07) is -0.400. The van der Waals surface area contributed by atoms with E-state index in [-0.39, 0.29) is 41.6 Å². The normalized spacial score (nSPS) is 30.9. The van der Waals surface area contributed by atoms with Gasteiger partial charge in [0.15, 0.2) is 0 Å². The molecule has 1 aliphatic heterocycles. The number of nitrogens with zero attached hydrogens (tertiary/aromatic N) is 1. The molecule has 1 aliphatic carbocycles. The molecule has 4 atom stereocenters. The van der Waals surface area contributed by atoms with Crippen molar-refractivity contribution in [1.29, 1.82) is 0 Å². The van der Waals surface area contributed by atoms with Crippen molar-refractivity contribution >= 4 is 28.0 Å². The van der Waals surface area contributed by atoms with Crippen molar-refractivity contribution in [2.75, 3.05) is 13.1 Å². The van der Waals surface area contributed by atoms with E-state index in [1.807, 2.05) is 39.3 Å². The molecule has 1 heterocycles. The van der Waals surface area contributed by atoms with Crippen LogP contribution in [0.3, 0.4) is 0 Å². The number of imide groups is 1. The first-order valence-corrected chi connectivity index (χ1v) is 16.3. The monoisotopic (exact) mass is 622 g/mol. The first-order valence-electron chi connectivity index (χ1n) is 17.9. The van der Waals surface area contributed by atoms with Gasteiger partial charge in [-0.05, 0) is 89.9 Å². The van der Waals surface area contributed by atoms with Crippen molar-refractivity contribution in [3.05, 3.63) is 40.5 Å². The molecule has 10 heteroatoms. The van der Waals surface area contributed by atoms with Gasteiger partial charge < -0.3 is 10.6 Å². The average Bonchev–Trinajstić information content (AvgIpc) is 3.29. The minimum absolute atomic E-state index is 0.123. The van der Waals surface area contributed by atoms with Gasteiger partial charge in [0.25, 0.3) is 15.9 Å². The van der Waals surface area contributed by atoms with E-state index in [0.717, 1.165) is 11.1 Å². The Hall–Kier alpha value is -2.88. The Labute approximate surface area is 267 Å². The van der Waals surface area contributed by atoms with Crippen LogP contribution in [-0.2, 0) is 14.8 Å². The Kier molecular flexibility index (Phi) is 8.27. The molecular formula is C33H52N4O5S. The molecule has 1 aromatic rings. The third-order valence-corrected chi connectivity index (χ3v) is 9.97. The Morgan fingerprint density at radius 3 is 2.37 bits per heavy atom. The van der Waals surface area contributed by atoms with Gasteiger partial charge in [0.1, 0.15) is 0 Å². The largest absolute Gasteiger partial charge is 0.337 e. The van der Waals surface area contributed by atoms with E-state index in [1.165, 1.54) is 44.7 Å². The van der Waals surface area contributed by atoms with E-state index in [0.29, 0.717) is 17.6 Å². The third kappa shape index (κ3) is 7.80. The van der Waals surface area contributed by atoms with E-state index in [9.17, 15) is 22.8 Å². The topological polar surface area (TPSA) is 125 Å². The highest BCUT2D eigenvalue weighted by Gasteiger charge is 2.42. The fourth-order valence-electron chi connectivity index (χ4n) is 5.47. The summed E-state index contributed by atoms with van der Waals surface area (Å²) in [6.45, 7) is 17.6. The zero-order valence-corrected chi connectivity index (χ0v) is 27.9. The van der Waals surface area contributed by atoms with Crippen LogP contribution >= 0.6 is 0 Å². The van der Waals surface area contributed by atoms with Gasteiger partial charge in [-0.3, -0.25) is 9.69 Å². The molecular weight excluding hydrogens is 564 g/mol. The second kappa shape index (κ2) is 13.4. The summed E-state index contributed by atoms with van der Waals surface area (Å²) >= 11 is 0. The van der Waals surface area contributed by atoms with Crippen molar-refractivity contribution < 1.29 is 31.0 Å². The number of carbonyl (C=O) groups is 3. The SMILES string of the molecule is [2H]C1([2H])C([2H])([2H])[C@@]([2H])(C)C(C)C(C)(C)[C@]1([2H])NC(=O)NS(=O)(=O)c1ccc(C(C)CNC(=O)N2CC(C(C)C)=C(CC(C)C)C2=O)c(C)c1. The molecule has 0 saturated heterocycles. The van der Waals surface area contributed by atoms with Crippen LogP contribution in [0.1, 0.15) is 107 Å². The van der Waals surface area contributed by atoms with Crippen molar-refractivity contribution in [3.8, 4) is 0 Å². The highest BCUT2D eigenvalue weighted by Crippen LogP contribution is 2.43. The summed E-state index contributed by atoms with van der Waals surface area (Å²) < 4.78 is 80.1. The second-order valence-corrected chi connectivity index (χ2v) is 14.7. The van der Waals surface area contributed by atoms with E-state index >= 15 is 0 Å². The molecule has 0 spiro atoms. The van der Waals surface area contributed by atoms with E-state index < -0.39 is 58.1 Å². The molecule has 3 rings (SSSR count). The van der Waals surface area contributed by atoms with E-state index in [2.05, 4.69) is 10.6 Å². The standard InChI is InChI=1S/C33H52N4O5S/c1-19(2)15-27-28(20(3)4)18-37(30(27)38)32(40)34-17-23(7)26-13-12-25(16-22(26)6)43(41,42)36-31(39)35-29-14-11-21(5)24(8)33(29,9)10/h12-13,16,19-21,23-24,29H,11,14-15,17-18H2,1-10H3,(H,34,40)(H2,35,36,39)/t21-,23?,24?,29-/m1/s1/i11D2,14D2,21D,29D. The molecule has 9 nitrogen and oxygen atoms in total. The van der Waals surface area contributed by atoms with Crippen LogP contribution in [-0.4, -0.2) is 50.4 Å². The van der Waals surface area contributed by atoms with Crippen LogP contribution in [0.2, 0.25) is 0 Å². The summed E-state index contributed by atoms with van der Waals surface area (Å²) in [6.07, 6.45) is -5.39. The predicted octanol–water partition coefficient (Wildman–Crippen LogP) is 6.10. The van der Waals surface area contributed by atoms with E-state index in [1.54, 1.807) is 13.0 Å². The lowest BCUT2D eigenvalue weighted by atomic mass is 9.62. The molecule has 1 aromatic carbocycles. The van der Waals surface area contributed by atoms with Gasteiger partial charge in [-0.15, -0.1) is 0 Å². The average molecular weight is 623 g/mol. The van der Waals surface area contributed by atoms with Crippen LogP contribution in [0.4, 0.5) is 9.59 Å². The smallest absolute Gasteiger partial charge is 0.328 e. The van der Waals surface area contributed by atoms with Crippen molar-refractivity contribution in [3.63, 3.8) is 0 Å². The van der Waals surface area contributed by atoms with Gasteiger partial charge in [0.05, 0.1) is 12.8 Å². The van der Waals surface area contributed by atoms with Gasteiger partial charge in [0.2, 0.25) is 0 Å². The number of hydrogen-bond donors (Lipinski definition) is 3. The quantitative estimate of drug-likeness (QED) is 0.307. The summed E-state index contributed by atoms with van der Waals surface area (Å²) in [5, 5.41) is 4.94. The third-order valence-electron chi connectivity index (χ3n) is 8.64. The summed E-state index contributed by atoms with van der Waals surface area (Å²) in [4.78, 5) is 40.2. The first kappa shape index (κ1) is 26.5. The maximum absolute atomic E-state index is 13.3. The van der Waals surface area contributed by atoms with Crippen LogP contribution in [0.25, 0.3) is 0 Å². The maximum atomic E-state index is 13.3. The summed E-state index contributed by atoms with van der Waals surface area (Å²) in [5.41, 5.74) is 1.41. The molecule has 5 amide bonds. The Balaban J connectivity index is 1.73.